The van der Waals surface area contributed by atoms with Gasteiger partial charge < -0.3 is 15.4 Å². The Bertz CT molecular complexity index is 550. The number of ether oxygens (including phenoxy) is 1. The van der Waals surface area contributed by atoms with Crippen LogP contribution in [0.3, 0.4) is 0 Å². The summed E-state index contributed by atoms with van der Waals surface area (Å²) in [6.45, 7) is 3.10. The number of rotatable bonds is 1. The minimum atomic E-state index is 0.554. The molecule has 6 nitrogen and oxygen atoms in total. The fourth-order valence-electron chi connectivity index (χ4n) is 1.96. The molecule has 0 radical (unpaired) electrons. The summed E-state index contributed by atoms with van der Waals surface area (Å²) in [5.74, 6) is 0. The van der Waals surface area contributed by atoms with Crippen molar-refractivity contribution in [3.8, 4) is 0 Å². The van der Waals surface area contributed by atoms with E-state index in [1.54, 1.807) is 0 Å². The van der Waals surface area contributed by atoms with E-state index in [0.717, 1.165) is 36.5 Å². The summed E-state index contributed by atoms with van der Waals surface area (Å²) in [4.78, 5) is 2.19. The summed E-state index contributed by atoms with van der Waals surface area (Å²) in [7, 11) is 0. The summed E-state index contributed by atoms with van der Waals surface area (Å²) in [5, 5.41) is 7.76. The molecule has 1 aliphatic heterocycles. The molecule has 90 valence electrons. The normalized spacial score (nSPS) is 16.6. The van der Waals surface area contributed by atoms with Gasteiger partial charge in [0.15, 0.2) is 11.0 Å². The fourth-order valence-corrected chi connectivity index (χ4v) is 2.36. The lowest BCUT2D eigenvalue weighted by molar-refractivity contribution is 0.123. The quantitative estimate of drug-likeness (QED) is 0.802. The van der Waals surface area contributed by atoms with Crippen molar-refractivity contribution in [1.82, 2.24) is 10.3 Å². The number of nitrogen functional groups attached to an aromatic ring is 1. The number of nitrogens with two attached hydrogens (primary N) is 1. The van der Waals surface area contributed by atoms with E-state index in [1.165, 1.54) is 0 Å². The maximum absolute atomic E-state index is 5.91. The summed E-state index contributed by atoms with van der Waals surface area (Å²) in [5.41, 5.74) is 8.74. The molecule has 0 amide bonds. The molecular formula is C10H11BrN4O2. The average molecular weight is 299 g/mol. The Hall–Kier alpha value is -1.34. The molecule has 7 heteroatoms. The number of hydrogen-bond donors (Lipinski definition) is 1. The molecule has 3 rings (SSSR count). The van der Waals surface area contributed by atoms with Crippen LogP contribution in [0.2, 0.25) is 0 Å². The van der Waals surface area contributed by atoms with Gasteiger partial charge in [-0.25, -0.2) is 4.63 Å². The van der Waals surface area contributed by atoms with Crippen molar-refractivity contribution in [2.45, 2.75) is 0 Å². The monoisotopic (exact) mass is 298 g/mol. The maximum atomic E-state index is 5.91. The van der Waals surface area contributed by atoms with Crippen LogP contribution in [-0.2, 0) is 4.74 Å². The summed E-state index contributed by atoms with van der Waals surface area (Å²) in [6.07, 6.45) is 0. The molecule has 2 heterocycles. The van der Waals surface area contributed by atoms with Crippen LogP contribution in [0.15, 0.2) is 15.2 Å². The standard InChI is InChI=1S/C10H11BrN4O2/c11-6-5-7(15-1-3-16-4-2-15)9-10(8(6)12)14-17-13-9/h5H,1-4,12H2. The third-order valence-corrected chi connectivity index (χ3v) is 3.51. The third kappa shape index (κ3) is 1.75. The maximum Gasteiger partial charge on any atom is 0.161 e. The van der Waals surface area contributed by atoms with Crippen LogP contribution in [0.1, 0.15) is 0 Å². The predicted octanol–water partition coefficient (Wildman–Crippen LogP) is 1.40. The second kappa shape index (κ2) is 4.15. The molecule has 1 saturated heterocycles. The van der Waals surface area contributed by atoms with Gasteiger partial charge in [-0.2, -0.15) is 0 Å². The van der Waals surface area contributed by atoms with E-state index in [2.05, 4.69) is 31.1 Å². The molecule has 0 aliphatic carbocycles. The van der Waals surface area contributed by atoms with E-state index in [-0.39, 0.29) is 0 Å². The van der Waals surface area contributed by atoms with E-state index in [4.69, 9.17) is 15.1 Å². The molecule has 2 aromatic rings. The molecule has 1 aliphatic rings. The summed E-state index contributed by atoms with van der Waals surface area (Å²) < 4.78 is 10.9. The van der Waals surface area contributed by atoms with E-state index in [0.29, 0.717) is 16.7 Å². The molecule has 17 heavy (non-hydrogen) atoms. The van der Waals surface area contributed by atoms with Crippen LogP contribution in [0.4, 0.5) is 11.4 Å². The first-order valence-electron chi connectivity index (χ1n) is 5.30. The number of fused-ring (bicyclic) bond motifs is 1. The SMILES string of the molecule is Nc1c(Br)cc(N2CCOCC2)c2nonc12. The fraction of sp³-hybridized carbons (Fsp3) is 0.400. The minimum Gasteiger partial charge on any atom is -0.396 e. The second-order valence-electron chi connectivity index (χ2n) is 3.85. The highest BCUT2D eigenvalue weighted by Gasteiger charge is 2.19. The molecule has 1 fully saturated rings. The van der Waals surface area contributed by atoms with Crippen LogP contribution >= 0.6 is 15.9 Å². The van der Waals surface area contributed by atoms with Gasteiger partial charge in [-0.05, 0) is 32.3 Å². The van der Waals surface area contributed by atoms with Crippen molar-refractivity contribution in [3.05, 3.63) is 10.5 Å². The van der Waals surface area contributed by atoms with E-state index < -0.39 is 0 Å². The second-order valence-corrected chi connectivity index (χ2v) is 4.71. The number of halogens is 1. The molecule has 2 N–H and O–H groups in total. The van der Waals surface area contributed by atoms with E-state index >= 15 is 0 Å². The Morgan fingerprint density at radius 1 is 1.24 bits per heavy atom. The Balaban J connectivity index is 2.14. The minimum absolute atomic E-state index is 0.554. The number of morpholine rings is 1. The molecular weight excluding hydrogens is 288 g/mol. The van der Waals surface area contributed by atoms with Crippen molar-refractivity contribution < 1.29 is 9.37 Å². The Morgan fingerprint density at radius 2 is 1.94 bits per heavy atom. The van der Waals surface area contributed by atoms with Crippen LogP contribution < -0.4 is 10.6 Å². The molecule has 1 aromatic heterocycles. The largest absolute Gasteiger partial charge is 0.396 e. The van der Waals surface area contributed by atoms with Crippen LogP contribution in [-0.4, -0.2) is 36.6 Å². The smallest absolute Gasteiger partial charge is 0.161 e. The predicted molar refractivity (Wildman–Crippen MR) is 66.9 cm³/mol. The van der Waals surface area contributed by atoms with Gasteiger partial charge in [0.05, 0.1) is 24.6 Å². The zero-order chi connectivity index (χ0) is 11.8. The lowest BCUT2D eigenvalue weighted by atomic mass is 10.2. The highest BCUT2D eigenvalue weighted by Crippen LogP contribution is 2.34. The first-order chi connectivity index (χ1) is 8.27. The highest BCUT2D eigenvalue weighted by atomic mass is 79.9. The number of benzene rings is 1. The third-order valence-electron chi connectivity index (χ3n) is 2.86. The highest BCUT2D eigenvalue weighted by molar-refractivity contribution is 9.10. The average Bonchev–Trinajstić information content (AvgIpc) is 2.84. The summed E-state index contributed by atoms with van der Waals surface area (Å²) in [6, 6.07) is 1.95. The van der Waals surface area contributed by atoms with Crippen molar-refractivity contribution in [2.24, 2.45) is 0 Å². The van der Waals surface area contributed by atoms with Crippen molar-refractivity contribution in [3.63, 3.8) is 0 Å². The van der Waals surface area contributed by atoms with Crippen molar-refractivity contribution in [2.75, 3.05) is 36.9 Å². The van der Waals surface area contributed by atoms with E-state index in [9.17, 15) is 0 Å². The van der Waals surface area contributed by atoms with Gasteiger partial charge in [0, 0.05) is 17.6 Å². The van der Waals surface area contributed by atoms with Gasteiger partial charge in [-0.3, -0.25) is 0 Å². The van der Waals surface area contributed by atoms with Crippen molar-refractivity contribution >= 4 is 38.3 Å². The molecule has 0 atom stereocenters. The molecule has 0 unspecified atom stereocenters. The number of anilines is 2. The zero-order valence-electron chi connectivity index (χ0n) is 9.02. The lowest BCUT2D eigenvalue weighted by Gasteiger charge is -2.29. The van der Waals surface area contributed by atoms with Crippen LogP contribution in [0.5, 0.6) is 0 Å². The molecule has 1 aromatic carbocycles. The zero-order valence-corrected chi connectivity index (χ0v) is 10.6. The van der Waals surface area contributed by atoms with Crippen molar-refractivity contribution in [1.29, 1.82) is 0 Å². The number of hydrogen-bond acceptors (Lipinski definition) is 6. The Kier molecular flexibility index (Phi) is 2.64. The Morgan fingerprint density at radius 3 is 2.71 bits per heavy atom. The van der Waals surface area contributed by atoms with Crippen LogP contribution in [0.25, 0.3) is 11.0 Å². The summed E-state index contributed by atoms with van der Waals surface area (Å²) >= 11 is 3.43. The van der Waals surface area contributed by atoms with Gasteiger partial charge >= 0.3 is 0 Å². The van der Waals surface area contributed by atoms with Gasteiger partial charge in [-0.15, -0.1) is 0 Å². The van der Waals surface area contributed by atoms with Gasteiger partial charge in [0.25, 0.3) is 0 Å². The van der Waals surface area contributed by atoms with Gasteiger partial charge in [0.1, 0.15) is 0 Å². The number of nitrogens with zero attached hydrogens (tertiary/aromatic N) is 3. The van der Waals surface area contributed by atoms with Gasteiger partial charge in [-0.1, -0.05) is 0 Å². The lowest BCUT2D eigenvalue weighted by Crippen LogP contribution is -2.36. The molecule has 0 spiro atoms. The molecule has 0 saturated carbocycles. The Labute approximate surface area is 106 Å². The van der Waals surface area contributed by atoms with Crippen LogP contribution in [0, 0.1) is 0 Å². The first-order valence-corrected chi connectivity index (χ1v) is 6.09. The van der Waals surface area contributed by atoms with E-state index in [1.807, 2.05) is 6.07 Å². The topological polar surface area (TPSA) is 77.4 Å². The first kappa shape index (κ1) is 10.8. The van der Waals surface area contributed by atoms with Gasteiger partial charge in [0.2, 0.25) is 0 Å². The molecule has 0 bridgehead atoms. The number of aromatic nitrogens is 2.